The molecule has 0 heterocycles. The molecule has 3 unspecified atom stereocenters. The number of carboxylic acid groups (broad SMARTS) is 1. The van der Waals surface area contributed by atoms with Gasteiger partial charge in [-0.2, -0.15) is 0 Å². The van der Waals surface area contributed by atoms with Crippen LogP contribution in [-0.4, -0.2) is 52.4 Å². The molecule has 49 heavy (non-hydrogen) atoms. The van der Waals surface area contributed by atoms with Crippen molar-refractivity contribution in [2.45, 2.75) is 168 Å². The number of carboxylic acids is 1. The van der Waals surface area contributed by atoms with Crippen LogP contribution in [0.2, 0.25) is 0 Å². The van der Waals surface area contributed by atoms with Crippen LogP contribution in [0.25, 0.3) is 5.73 Å². The van der Waals surface area contributed by atoms with Crippen LogP contribution in [0, 0.1) is 46.3 Å². The average molecular weight is 866 g/mol. The number of hydrogen-bond acceptors (Lipinski definition) is 3. The molecule has 2 amide bonds. The van der Waals surface area contributed by atoms with Crippen molar-refractivity contribution in [1.82, 2.24) is 10.6 Å². The second-order valence-corrected chi connectivity index (χ2v) is 17.4. The molecular weight excluding hydrogens is 796 g/mol. The zero-order valence-corrected chi connectivity index (χ0v) is 33.6. The van der Waals surface area contributed by atoms with Crippen LogP contribution >= 0.6 is 0 Å². The molecule has 4 fully saturated rings. The summed E-state index contributed by atoms with van der Waals surface area (Å²) in [7, 11) is 0. The maximum absolute atomic E-state index is 12.6. The summed E-state index contributed by atoms with van der Waals surface area (Å²) >= 11 is 0. The third-order valence-corrected chi connectivity index (χ3v) is 13.7. The zero-order valence-electron chi connectivity index (χ0n) is 31.3. The minimum Gasteiger partial charge on any atom is -0.673 e. The Morgan fingerprint density at radius 3 is 2.39 bits per heavy atom. The molecule has 8 nitrogen and oxygen atoms in total. The van der Waals surface area contributed by atoms with Crippen LogP contribution in [0.3, 0.4) is 0 Å². The molecule has 5 rings (SSSR count). The number of amides is 2. The number of carbonyl (C=O) groups is 2. The third-order valence-electron chi connectivity index (χ3n) is 13.7. The fourth-order valence-corrected chi connectivity index (χ4v) is 10.9. The van der Waals surface area contributed by atoms with Crippen LogP contribution in [0.4, 0.5) is 0 Å². The zero-order chi connectivity index (χ0) is 35.1. The summed E-state index contributed by atoms with van der Waals surface area (Å²) in [6.45, 7) is 12.8. The number of aliphatic carboxylic acids is 1. The molecule has 0 aliphatic heterocycles. The van der Waals surface area contributed by atoms with Crippen LogP contribution in [0.15, 0.2) is 11.6 Å². The monoisotopic (exact) mass is 866 g/mol. The summed E-state index contributed by atoms with van der Waals surface area (Å²) in [4.78, 5) is 33.0. The van der Waals surface area contributed by atoms with E-state index in [0.29, 0.717) is 12.0 Å². The fraction of sp³-hybridized carbons (Fsp3) is 0.875. The fourth-order valence-electron chi connectivity index (χ4n) is 10.9. The number of nitrogens with two attached hydrogens (primary N) is 1. The van der Waals surface area contributed by atoms with Gasteiger partial charge in [-0.15, -0.1) is 6.04 Å². The molecule has 5 aliphatic rings. The minimum absolute atomic E-state index is 0. The molecule has 9 heteroatoms. The Bertz CT molecular complexity index is 1120. The van der Waals surface area contributed by atoms with E-state index in [0.717, 1.165) is 67.6 Å². The Morgan fingerprint density at radius 1 is 1.00 bits per heavy atom. The van der Waals surface area contributed by atoms with Crippen molar-refractivity contribution in [3.05, 3.63) is 17.4 Å². The minimum atomic E-state index is -0.949. The molecular formula is C40H70N4O4Pt. The van der Waals surface area contributed by atoms with E-state index in [2.05, 4.69) is 51.3 Å². The predicted molar refractivity (Wildman–Crippen MR) is 196 cm³/mol. The summed E-state index contributed by atoms with van der Waals surface area (Å²) in [5.74, 6) is 4.00. The summed E-state index contributed by atoms with van der Waals surface area (Å²) in [5, 5.41) is 14.7. The van der Waals surface area contributed by atoms with E-state index in [1.807, 2.05) is 0 Å². The Hall–Kier alpha value is -1.24. The van der Waals surface area contributed by atoms with Gasteiger partial charge in [0, 0.05) is 40.1 Å². The van der Waals surface area contributed by atoms with Gasteiger partial charge in [0.2, 0.25) is 5.91 Å². The van der Waals surface area contributed by atoms with Gasteiger partial charge in [0.1, 0.15) is 0 Å². The Morgan fingerprint density at radius 2 is 1.73 bits per heavy atom. The third kappa shape index (κ3) is 10.9. The Labute approximate surface area is 312 Å². The second-order valence-electron chi connectivity index (χ2n) is 17.4. The number of carbonyl (C=O) groups excluding carboxylic acids is 2. The van der Waals surface area contributed by atoms with Gasteiger partial charge in [-0.1, -0.05) is 84.8 Å². The molecule has 0 aromatic heterocycles. The van der Waals surface area contributed by atoms with E-state index in [9.17, 15) is 14.4 Å². The van der Waals surface area contributed by atoms with E-state index in [4.69, 9.17) is 16.6 Å². The average Bonchev–Trinajstić information content (AvgIpc) is 3.39. The Kier molecular flexibility index (Phi) is 16.4. The molecule has 0 spiro atoms. The first-order chi connectivity index (χ1) is 22.7. The standard InChI is InChI=1S/C34H56N2O4.C6H13N2.Pt/c1-22(2)7-6-8-23(3)27-11-12-28-26-10-9-24-21-25(15-18-33(24,4)29(26)16-19-34(27,28)5)36-31(38)17-20-35-30(37)13-14-32(39)40;7-5-3-1-2-4-6(5)8;/h9,22-23,25-29H,6-8,10-21H2,1-5H3,(H,35,37)(H,36,38)(H,39,40);5-7H,1-4,8H2;/q;-1;/p+1/t23-,25+,26?,27-,28?,29?,33+,34-;5-,6-;/m11./s1. The van der Waals surface area contributed by atoms with Crippen molar-refractivity contribution in [3.63, 3.8) is 0 Å². The molecule has 0 bridgehead atoms. The quantitative estimate of drug-likeness (QED) is 0.116. The Balaban J connectivity index is 0.000000634. The first-order valence-corrected chi connectivity index (χ1v) is 19.7. The molecule has 0 saturated heterocycles. The van der Waals surface area contributed by atoms with E-state index < -0.39 is 5.97 Å². The maximum Gasteiger partial charge on any atom is 0.390 e. The molecule has 7 N–H and O–H groups in total. The number of hydrogen-bond donors (Lipinski definition) is 4. The predicted octanol–water partition coefficient (Wildman–Crippen LogP) is 8.17. The van der Waals surface area contributed by atoms with Crippen molar-refractivity contribution in [1.29, 1.82) is 0 Å². The van der Waals surface area contributed by atoms with Gasteiger partial charge < -0.3 is 27.2 Å². The first kappa shape index (κ1) is 42.2. The smallest absolute Gasteiger partial charge is 0.390 e. The van der Waals surface area contributed by atoms with Gasteiger partial charge in [0.25, 0.3) is 0 Å². The van der Waals surface area contributed by atoms with Crippen molar-refractivity contribution in [2.24, 2.45) is 52.1 Å². The van der Waals surface area contributed by atoms with E-state index in [-0.39, 0.29) is 75.7 Å². The number of nitrogens with one attached hydrogen (secondary N) is 3. The molecule has 4 saturated carbocycles. The van der Waals surface area contributed by atoms with Crippen molar-refractivity contribution in [2.75, 3.05) is 6.54 Å². The van der Waals surface area contributed by atoms with Crippen LogP contribution in [0.5, 0.6) is 0 Å². The molecule has 5 aliphatic carbocycles. The van der Waals surface area contributed by atoms with Gasteiger partial charge in [0.15, 0.2) is 0 Å². The summed E-state index contributed by atoms with van der Waals surface area (Å²) in [6.07, 6.45) is 21.4. The topological polar surface area (TPSA) is 150 Å². The number of fused-ring (bicyclic) bond motifs is 5. The van der Waals surface area contributed by atoms with Gasteiger partial charge in [0.05, 0.1) is 12.8 Å². The normalized spacial score (nSPS) is 35.6. The molecule has 0 aromatic carbocycles. The van der Waals surface area contributed by atoms with Crippen molar-refractivity contribution in [3.8, 4) is 0 Å². The number of allylic oxidation sites excluding steroid dienone is 1. The van der Waals surface area contributed by atoms with Gasteiger partial charge in [-0.3, -0.25) is 14.4 Å². The molecule has 0 radical (unpaired) electrons. The molecule has 10 atom stereocenters. The molecule has 284 valence electrons. The van der Waals surface area contributed by atoms with Crippen molar-refractivity contribution < 1.29 is 40.6 Å². The van der Waals surface area contributed by atoms with E-state index in [1.165, 1.54) is 64.2 Å². The SMILES string of the molecule is CC(C)CCC[C@@H](C)[C@H]1CCC2C3CC=C4C[C@@H](NC(=O)CCNC(=[OH+])CCC(=O)O)CC[C@]4(C)C3CC[C@@]21C.[NH-][C@@H]1CCCC[C@H]1N.[Pt]. The van der Waals surface area contributed by atoms with E-state index in [1.54, 1.807) is 5.57 Å². The molecule has 0 aromatic rings. The van der Waals surface area contributed by atoms with Gasteiger partial charge >= 0.3 is 11.9 Å². The second kappa shape index (κ2) is 19.0. The largest absolute Gasteiger partial charge is 0.673 e. The van der Waals surface area contributed by atoms with Crippen LogP contribution < -0.4 is 16.4 Å². The summed E-state index contributed by atoms with van der Waals surface area (Å²) < 4.78 is 0. The summed E-state index contributed by atoms with van der Waals surface area (Å²) in [5.41, 5.74) is 15.3. The van der Waals surface area contributed by atoms with Crippen LogP contribution in [0.1, 0.15) is 150 Å². The first-order valence-electron chi connectivity index (χ1n) is 19.7. The van der Waals surface area contributed by atoms with Crippen LogP contribution in [-0.2, 0) is 30.7 Å². The van der Waals surface area contributed by atoms with E-state index >= 15 is 0 Å². The van der Waals surface area contributed by atoms with Crippen molar-refractivity contribution >= 4 is 17.8 Å². The van der Waals surface area contributed by atoms with Gasteiger partial charge in [-0.05, 0) is 110 Å². The number of rotatable bonds is 12. The van der Waals surface area contributed by atoms with Gasteiger partial charge in [-0.25, -0.2) is 0 Å². The summed E-state index contributed by atoms with van der Waals surface area (Å²) in [6, 6.07) is 0.386. The maximum atomic E-state index is 12.6.